The van der Waals surface area contributed by atoms with E-state index in [9.17, 15) is 0 Å². The Hall–Kier alpha value is -1.84. The van der Waals surface area contributed by atoms with E-state index in [1.54, 1.807) is 6.33 Å². The molecule has 0 atom stereocenters. The highest BCUT2D eigenvalue weighted by molar-refractivity contribution is 5.73. The molecule has 1 fully saturated rings. The van der Waals surface area contributed by atoms with Crippen LogP contribution >= 0.6 is 0 Å². The van der Waals surface area contributed by atoms with Gasteiger partial charge in [-0.3, -0.25) is 0 Å². The van der Waals surface area contributed by atoms with Crippen LogP contribution in [-0.4, -0.2) is 21.3 Å². The van der Waals surface area contributed by atoms with E-state index in [0.29, 0.717) is 0 Å². The number of nitrogens with one attached hydrogen (secondary N) is 1. The molecule has 1 saturated carbocycles. The van der Waals surface area contributed by atoms with Gasteiger partial charge in [0.15, 0.2) is 5.82 Å². The van der Waals surface area contributed by atoms with E-state index in [1.807, 2.05) is 11.6 Å². The van der Waals surface area contributed by atoms with Gasteiger partial charge in [-0.25, -0.2) is 0 Å². The Balaban J connectivity index is 1.64. The molecule has 1 aliphatic rings. The van der Waals surface area contributed by atoms with Gasteiger partial charge in [-0.2, -0.15) is 0 Å². The average molecular weight is 284 g/mol. The predicted octanol–water partition coefficient (Wildman–Crippen LogP) is 3.86. The van der Waals surface area contributed by atoms with Gasteiger partial charge >= 0.3 is 0 Å². The summed E-state index contributed by atoms with van der Waals surface area (Å²) in [4.78, 5) is 0. The second-order valence-electron chi connectivity index (χ2n) is 6.03. The van der Waals surface area contributed by atoms with E-state index < -0.39 is 0 Å². The fraction of sp³-hybridized carbons (Fsp3) is 0.529. The Morgan fingerprint density at radius 1 is 1.19 bits per heavy atom. The van der Waals surface area contributed by atoms with Crippen LogP contribution in [0.25, 0.3) is 11.4 Å². The Bertz CT molecular complexity index is 570. The lowest BCUT2D eigenvalue weighted by Gasteiger charge is -2.22. The van der Waals surface area contributed by atoms with Crippen molar-refractivity contribution >= 4 is 5.69 Å². The first-order valence-corrected chi connectivity index (χ1v) is 8.02. The van der Waals surface area contributed by atoms with Gasteiger partial charge in [0.05, 0.1) is 0 Å². The molecule has 1 heterocycles. The zero-order valence-corrected chi connectivity index (χ0v) is 12.8. The summed E-state index contributed by atoms with van der Waals surface area (Å²) in [6, 6.07) is 8.36. The molecule has 0 aliphatic heterocycles. The molecule has 4 heteroatoms. The molecule has 0 spiro atoms. The first kappa shape index (κ1) is 14.1. The van der Waals surface area contributed by atoms with Crippen LogP contribution in [0.4, 0.5) is 5.69 Å². The number of aromatic nitrogens is 3. The Morgan fingerprint density at radius 2 is 2.00 bits per heavy atom. The third-order valence-electron chi connectivity index (χ3n) is 4.47. The van der Waals surface area contributed by atoms with Gasteiger partial charge in [0.1, 0.15) is 6.33 Å². The molecule has 1 aliphatic carbocycles. The predicted molar refractivity (Wildman–Crippen MR) is 86.1 cm³/mol. The van der Waals surface area contributed by atoms with Crippen molar-refractivity contribution in [2.75, 3.05) is 11.9 Å². The molecule has 0 unspecified atom stereocenters. The molecule has 0 bridgehead atoms. The van der Waals surface area contributed by atoms with Gasteiger partial charge in [-0.05, 0) is 24.5 Å². The molecular formula is C17H24N4. The zero-order valence-electron chi connectivity index (χ0n) is 12.8. The summed E-state index contributed by atoms with van der Waals surface area (Å²) in [5, 5.41) is 11.8. The van der Waals surface area contributed by atoms with Crippen LogP contribution in [0, 0.1) is 5.92 Å². The molecule has 1 aromatic heterocycles. The molecular weight excluding hydrogens is 260 g/mol. The number of rotatable bonds is 5. The summed E-state index contributed by atoms with van der Waals surface area (Å²) in [5.74, 6) is 1.82. The molecule has 0 saturated heterocycles. The lowest BCUT2D eigenvalue weighted by atomic mass is 9.87. The molecule has 21 heavy (non-hydrogen) atoms. The lowest BCUT2D eigenvalue weighted by molar-refractivity contribution is 0.345. The second kappa shape index (κ2) is 6.74. The largest absolute Gasteiger partial charge is 0.384 e. The maximum atomic E-state index is 4.22. The van der Waals surface area contributed by atoms with Crippen LogP contribution in [0.1, 0.15) is 38.5 Å². The highest BCUT2D eigenvalue weighted by Gasteiger charge is 2.14. The number of para-hydroxylation sites is 1. The van der Waals surface area contributed by atoms with Crippen molar-refractivity contribution in [2.24, 2.45) is 13.0 Å². The van der Waals surface area contributed by atoms with Crippen LogP contribution < -0.4 is 5.32 Å². The summed E-state index contributed by atoms with van der Waals surface area (Å²) in [6.07, 6.45) is 10.1. The van der Waals surface area contributed by atoms with Crippen LogP contribution in [-0.2, 0) is 7.05 Å². The Labute approximate surface area is 126 Å². The van der Waals surface area contributed by atoms with Crippen molar-refractivity contribution in [3.63, 3.8) is 0 Å². The number of anilines is 1. The fourth-order valence-corrected chi connectivity index (χ4v) is 3.25. The van der Waals surface area contributed by atoms with E-state index in [2.05, 4.69) is 39.8 Å². The third-order valence-corrected chi connectivity index (χ3v) is 4.47. The normalized spacial score (nSPS) is 16.0. The van der Waals surface area contributed by atoms with E-state index in [1.165, 1.54) is 38.5 Å². The third kappa shape index (κ3) is 3.43. The van der Waals surface area contributed by atoms with Crippen LogP contribution in [0.5, 0.6) is 0 Å². The van der Waals surface area contributed by atoms with Gasteiger partial charge in [-0.1, -0.05) is 44.2 Å². The maximum absolute atomic E-state index is 4.22. The van der Waals surface area contributed by atoms with Gasteiger partial charge in [0, 0.05) is 24.8 Å². The molecule has 1 aromatic carbocycles. The minimum absolute atomic E-state index is 0.910. The van der Waals surface area contributed by atoms with Crippen LogP contribution in [0.3, 0.4) is 0 Å². The van der Waals surface area contributed by atoms with Gasteiger partial charge < -0.3 is 9.88 Å². The van der Waals surface area contributed by atoms with Gasteiger partial charge in [-0.15, -0.1) is 10.2 Å². The summed E-state index contributed by atoms with van der Waals surface area (Å²) < 4.78 is 1.96. The fourth-order valence-electron chi connectivity index (χ4n) is 3.25. The monoisotopic (exact) mass is 284 g/mol. The van der Waals surface area contributed by atoms with Crippen molar-refractivity contribution in [3.8, 4) is 11.4 Å². The van der Waals surface area contributed by atoms with E-state index in [4.69, 9.17) is 0 Å². The molecule has 4 nitrogen and oxygen atoms in total. The van der Waals surface area contributed by atoms with Crippen molar-refractivity contribution in [1.82, 2.24) is 14.8 Å². The zero-order chi connectivity index (χ0) is 14.5. The number of nitrogens with zero attached hydrogens (tertiary/aromatic N) is 3. The highest BCUT2D eigenvalue weighted by atomic mass is 15.2. The molecule has 1 N–H and O–H groups in total. The first-order chi connectivity index (χ1) is 10.3. The standard InChI is InChI=1S/C17H24N4/c1-21-13-19-20-17(21)15-9-5-6-10-16(15)18-12-11-14-7-3-2-4-8-14/h5-6,9-10,13-14,18H,2-4,7-8,11-12H2,1H3. The van der Waals surface area contributed by atoms with E-state index in [0.717, 1.165) is 29.5 Å². The van der Waals surface area contributed by atoms with Gasteiger partial charge in [0.25, 0.3) is 0 Å². The summed E-state index contributed by atoms with van der Waals surface area (Å²) in [6.45, 7) is 1.04. The Morgan fingerprint density at radius 3 is 2.76 bits per heavy atom. The summed E-state index contributed by atoms with van der Waals surface area (Å²) in [5.41, 5.74) is 2.28. The molecule has 0 radical (unpaired) electrons. The van der Waals surface area contributed by atoms with E-state index in [-0.39, 0.29) is 0 Å². The van der Waals surface area contributed by atoms with Crippen molar-refractivity contribution in [3.05, 3.63) is 30.6 Å². The highest BCUT2D eigenvalue weighted by Crippen LogP contribution is 2.28. The molecule has 3 rings (SSSR count). The SMILES string of the molecule is Cn1cnnc1-c1ccccc1NCCC1CCCCC1. The smallest absolute Gasteiger partial charge is 0.165 e. The molecule has 2 aromatic rings. The summed E-state index contributed by atoms with van der Waals surface area (Å²) in [7, 11) is 1.98. The lowest BCUT2D eigenvalue weighted by Crippen LogP contribution is -2.12. The van der Waals surface area contributed by atoms with Gasteiger partial charge in [0.2, 0.25) is 0 Å². The van der Waals surface area contributed by atoms with Crippen LogP contribution in [0.2, 0.25) is 0 Å². The minimum Gasteiger partial charge on any atom is -0.384 e. The van der Waals surface area contributed by atoms with Crippen molar-refractivity contribution < 1.29 is 0 Å². The quantitative estimate of drug-likeness (QED) is 0.906. The topological polar surface area (TPSA) is 42.7 Å². The first-order valence-electron chi connectivity index (χ1n) is 8.02. The average Bonchev–Trinajstić information content (AvgIpc) is 2.95. The van der Waals surface area contributed by atoms with E-state index >= 15 is 0 Å². The minimum atomic E-state index is 0.910. The maximum Gasteiger partial charge on any atom is 0.165 e. The second-order valence-corrected chi connectivity index (χ2v) is 6.03. The number of hydrogen-bond donors (Lipinski definition) is 1. The molecule has 112 valence electrons. The van der Waals surface area contributed by atoms with Crippen molar-refractivity contribution in [1.29, 1.82) is 0 Å². The van der Waals surface area contributed by atoms with Crippen LogP contribution in [0.15, 0.2) is 30.6 Å². The summed E-state index contributed by atoms with van der Waals surface area (Å²) >= 11 is 0. The number of aryl methyl sites for hydroxylation is 1. The molecule has 0 amide bonds. The number of benzene rings is 1. The van der Waals surface area contributed by atoms with Crippen molar-refractivity contribution in [2.45, 2.75) is 38.5 Å². The number of hydrogen-bond acceptors (Lipinski definition) is 3. The Kier molecular flexibility index (Phi) is 4.53.